The van der Waals surface area contributed by atoms with Crippen LogP contribution in [0.4, 0.5) is 0 Å². The van der Waals surface area contributed by atoms with Crippen molar-refractivity contribution in [3.05, 3.63) is 12.4 Å². The van der Waals surface area contributed by atoms with Gasteiger partial charge < -0.3 is 9.80 Å². The van der Waals surface area contributed by atoms with Crippen LogP contribution in [0.1, 0.15) is 162 Å². The SMILES string of the molecule is CCCCCCCCCCCCCCCCN1C=CN(CCCCC)C1CCCCCC. The molecule has 0 aromatic heterocycles. The van der Waals surface area contributed by atoms with Gasteiger partial charge in [-0.15, -0.1) is 0 Å². The Hall–Kier alpha value is -0.660. The van der Waals surface area contributed by atoms with Gasteiger partial charge in [0.2, 0.25) is 0 Å². The van der Waals surface area contributed by atoms with E-state index in [2.05, 4.69) is 43.0 Å². The van der Waals surface area contributed by atoms with Gasteiger partial charge in [-0.1, -0.05) is 136 Å². The third-order valence-corrected chi connectivity index (χ3v) is 7.32. The molecule has 0 aromatic rings. The lowest BCUT2D eigenvalue weighted by molar-refractivity contribution is 0.135. The van der Waals surface area contributed by atoms with Crippen molar-refractivity contribution >= 4 is 0 Å². The zero-order chi connectivity index (χ0) is 23.1. The molecule has 190 valence electrons. The van der Waals surface area contributed by atoms with E-state index < -0.39 is 0 Å². The van der Waals surface area contributed by atoms with E-state index in [0.29, 0.717) is 6.17 Å². The molecule has 1 unspecified atom stereocenters. The van der Waals surface area contributed by atoms with Crippen LogP contribution < -0.4 is 0 Å². The first-order valence-corrected chi connectivity index (χ1v) is 15.0. The maximum atomic E-state index is 2.67. The molecule has 32 heavy (non-hydrogen) atoms. The van der Waals surface area contributed by atoms with Crippen LogP contribution in [0.25, 0.3) is 0 Å². The van der Waals surface area contributed by atoms with Gasteiger partial charge in [0.05, 0.1) is 0 Å². The molecule has 0 radical (unpaired) electrons. The molecule has 0 spiro atoms. The summed E-state index contributed by atoms with van der Waals surface area (Å²) >= 11 is 0. The second-order valence-electron chi connectivity index (χ2n) is 10.4. The van der Waals surface area contributed by atoms with Crippen molar-refractivity contribution in [2.24, 2.45) is 0 Å². The zero-order valence-electron chi connectivity index (χ0n) is 22.6. The van der Waals surface area contributed by atoms with Crippen LogP contribution in [0, 0.1) is 0 Å². The Kier molecular flexibility index (Phi) is 20.3. The van der Waals surface area contributed by atoms with E-state index >= 15 is 0 Å². The van der Waals surface area contributed by atoms with Crippen molar-refractivity contribution in [1.29, 1.82) is 0 Å². The molecular weight excluding hydrogens is 388 g/mol. The predicted octanol–water partition coefficient (Wildman–Crippen LogP) is 10.0. The quantitative estimate of drug-likeness (QED) is 0.135. The molecule has 1 aliphatic rings. The monoisotopic (exact) mass is 448 g/mol. The summed E-state index contributed by atoms with van der Waals surface area (Å²) in [7, 11) is 0. The molecule has 0 bridgehead atoms. The molecule has 2 nitrogen and oxygen atoms in total. The molecule has 2 heteroatoms. The van der Waals surface area contributed by atoms with Gasteiger partial charge in [0.15, 0.2) is 0 Å². The first-order chi connectivity index (χ1) is 15.8. The molecule has 0 amide bonds. The standard InChI is InChI=1S/C30H60N2/c1-4-7-10-12-13-14-15-16-17-18-19-20-21-24-27-32-29-28-31(26-23-9-6-3)30(32)25-22-11-8-5-2/h28-30H,4-27H2,1-3H3. The van der Waals surface area contributed by atoms with E-state index in [-0.39, 0.29) is 0 Å². The molecule has 0 aromatic carbocycles. The van der Waals surface area contributed by atoms with E-state index in [9.17, 15) is 0 Å². The van der Waals surface area contributed by atoms with Gasteiger partial charge in [-0.2, -0.15) is 0 Å². The Bertz CT molecular complexity index is 406. The van der Waals surface area contributed by atoms with Crippen molar-refractivity contribution in [2.45, 2.75) is 168 Å². The summed E-state index contributed by atoms with van der Waals surface area (Å²) in [5.74, 6) is 0. The van der Waals surface area contributed by atoms with Crippen LogP contribution >= 0.6 is 0 Å². The van der Waals surface area contributed by atoms with Crippen molar-refractivity contribution < 1.29 is 0 Å². The van der Waals surface area contributed by atoms with Gasteiger partial charge in [-0.25, -0.2) is 0 Å². The summed E-state index contributed by atoms with van der Waals surface area (Å²) in [4.78, 5) is 5.31. The molecule has 0 saturated carbocycles. The molecule has 0 N–H and O–H groups in total. The number of unbranched alkanes of at least 4 members (excludes halogenated alkanes) is 18. The van der Waals surface area contributed by atoms with Crippen LogP contribution in [-0.2, 0) is 0 Å². The van der Waals surface area contributed by atoms with Gasteiger partial charge in [0.25, 0.3) is 0 Å². The minimum Gasteiger partial charge on any atom is -0.356 e. The van der Waals surface area contributed by atoms with E-state index in [1.807, 2.05) is 0 Å². The van der Waals surface area contributed by atoms with E-state index in [1.165, 1.54) is 154 Å². The molecular formula is C30H60N2. The first-order valence-electron chi connectivity index (χ1n) is 15.0. The summed E-state index contributed by atoms with van der Waals surface area (Å²) in [5, 5.41) is 0. The average molecular weight is 449 g/mol. The van der Waals surface area contributed by atoms with Crippen LogP contribution in [0.3, 0.4) is 0 Å². The average Bonchev–Trinajstić information content (AvgIpc) is 3.18. The lowest BCUT2D eigenvalue weighted by atomic mass is 10.0. The molecule has 1 rings (SSSR count). The van der Waals surface area contributed by atoms with Crippen molar-refractivity contribution in [2.75, 3.05) is 13.1 Å². The van der Waals surface area contributed by atoms with Crippen LogP contribution in [0.5, 0.6) is 0 Å². The Morgan fingerprint density at radius 2 is 0.719 bits per heavy atom. The summed E-state index contributed by atoms with van der Waals surface area (Å²) in [6.07, 6.45) is 36.6. The highest BCUT2D eigenvalue weighted by Crippen LogP contribution is 2.23. The Labute approximate surface area is 203 Å². The fourth-order valence-corrected chi connectivity index (χ4v) is 5.13. The molecule has 1 heterocycles. The van der Waals surface area contributed by atoms with Crippen LogP contribution in [0.15, 0.2) is 12.4 Å². The number of nitrogens with zero attached hydrogens (tertiary/aromatic N) is 2. The third kappa shape index (κ3) is 15.2. The second kappa shape index (κ2) is 22.1. The van der Waals surface area contributed by atoms with Crippen molar-refractivity contribution in [1.82, 2.24) is 9.80 Å². The summed E-state index contributed by atoms with van der Waals surface area (Å²) in [6, 6.07) is 0. The van der Waals surface area contributed by atoms with Gasteiger partial charge in [-0.3, -0.25) is 0 Å². The number of hydrogen-bond donors (Lipinski definition) is 0. The predicted molar refractivity (Wildman–Crippen MR) is 145 cm³/mol. The van der Waals surface area contributed by atoms with Crippen molar-refractivity contribution in [3.8, 4) is 0 Å². The maximum Gasteiger partial charge on any atom is 0.101 e. The highest BCUT2D eigenvalue weighted by molar-refractivity contribution is 4.96. The Morgan fingerprint density at radius 3 is 1.16 bits per heavy atom. The largest absolute Gasteiger partial charge is 0.356 e. The van der Waals surface area contributed by atoms with Crippen molar-refractivity contribution in [3.63, 3.8) is 0 Å². The fraction of sp³-hybridized carbons (Fsp3) is 0.933. The minimum atomic E-state index is 0.644. The lowest BCUT2D eigenvalue weighted by Crippen LogP contribution is -2.39. The minimum absolute atomic E-state index is 0.644. The number of hydrogen-bond acceptors (Lipinski definition) is 2. The highest BCUT2D eigenvalue weighted by Gasteiger charge is 2.24. The van der Waals surface area contributed by atoms with Gasteiger partial charge in [-0.05, 0) is 25.7 Å². The fourth-order valence-electron chi connectivity index (χ4n) is 5.13. The molecule has 1 atom stereocenters. The zero-order valence-corrected chi connectivity index (χ0v) is 22.6. The topological polar surface area (TPSA) is 6.48 Å². The van der Waals surface area contributed by atoms with E-state index in [4.69, 9.17) is 0 Å². The van der Waals surface area contributed by atoms with Crippen LogP contribution in [0.2, 0.25) is 0 Å². The highest BCUT2D eigenvalue weighted by atomic mass is 15.4. The third-order valence-electron chi connectivity index (χ3n) is 7.32. The van der Waals surface area contributed by atoms with E-state index in [1.54, 1.807) is 0 Å². The first kappa shape index (κ1) is 29.4. The molecule has 0 saturated heterocycles. The maximum absolute atomic E-state index is 2.67. The Morgan fingerprint density at radius 1 is 0.406 bits per heavy atom. The lowest BCUT2D eigenvalue weighted by Gasteiger charge is -2.33. The van der Waals surface area contributed by atoms with Gasteiger partial charge in [0, 0.05) is 25.5 Å². The molecule has 0 aliphatic carbocycles. The summed E-state index contributed by atoms with van der Waals surface area (Å²) < 4.78 is 0. The Balaban J connectivity index is 2.06. The molecule has 1 aliphatic heterocycles. The molecule has 0 fully saturated rings. The normalized spacial score (nSPS) is 15.9. The summed E-state index contributed by atoms with van der Waals surface area (Å²) in [6.45, 7) is 9.44. The van der Waals surface area contributed by atoms with Gasteiger partial charge >= 0.3 is 0 Å². The van der Waals surface area contributed by atoms with Gasteiger partial charge in [0.1, 0.15) is 6.17 Å². The van der Waals surface area contributed by atoms with E-state index in [0.717, 1.165) is 0 Å². The number of rotatable bonds is 24. The second-order valence-corrected chi connectivity index (χ2v) is 10.4. The smallest absolute Gasteiger partial charge is 0.101 e. The summed E-state index contributed by atoms with van der Waals surface area (Å²) in [5.41, 5.74) is 0. The van der Waals surface area contributed by atoms with Crippen LogP contribution in [-0.4, -0.2) is 29.1 Å².